The Morgan fingerprint density at radius 2 is 2.10 bits per heavy atom. The molecule has 2 aliphatic carbocycles. The minimum Gasteiger partial charge on any atom is -0.377 e. The Kier molecular flexibility index (Phi) is 3.67. The van der Waals surface area contributed by atoms with Gasteiger partial charge in [-0.1, -0.05) is 13.8 Å². The summed E-state index contributed by atoms with van der Waals surface area (Å²) in [5.41, 5.74) is 0.0588. The zero-order chi connectivity index (χ0) is 14.3. The molecule has 0 aromatic heterocycles. The lowest BCUT2D eigenvalue weighted by Gasteiger charge is -2.54. The van der Waals surface area contributed by atoms with Gasteiger partial charge in [-0.2, -0.15) is 0 Å². The van der Waals surface area contributed by atoms with E-state index in [0.717, 1.165) is 32.2 Å². The zero-order valence-electron chi connectivity index (χ0n) is 12.8. The maximum Gasteiger partial charge on any atom is 0.315 e. The molecule has 2 N–H and O–H groups in total. The number of fused-ring (bicyclic) bond motifs is 1. The lowest BCUT2D eigenvalue weighted by atomic mass is 9.57. The zero-order valence-corrected chi connectivity index (χ0v) is 12.8. The lowest BCUT2D eigenvalue weighted by molar-refractivity contribution is -0.108. The van der Waals surface area contributed by atoms with Gasteiger partial charge in [-0.05, 0) is 26.3 Å². The fraction of sp³-hybridized carbons (Fsp3) is 0.933. The molecule has 114 valence electrons. The molecule has 0 spiro atoms. The maximum atomic E-state index is 12.0. The minimum absolute atomic E-state index is 0.0300. The van der Waals surface area contributed by atoms with Crippen molar-refractivity contribution < 1.29 is 9.53 Å². The van der Waals surface area contributed by atoms with Crippen LogP contribution < -0.4 is 10.6 Å². The van der Waals surface area contributed by atoms with Gasteiger partial charge < -0.3 is 20.3 Å². The average Bonchev–Trinajstić information content (AvgIpc) is 3.14. The molecular weight excluding hydrogens is 254 g/mol. The summed E-state index contributed by atoms with van der Waals surface area (Å²) in [7, 11) is 2.13. The van der Waals surface area contributed by atoms with Gasteiger partial charge in [0.15, 0.2) is 0 Å². The third-order valence-electron chi connectivity index (χ3n) is 5.31. The first-order valence-corrected chi connectivity index (χ1v) is 7.86. The Morgan fingerprint density at radius 3 is 2.80 bits per heavy atom. The Bertz CT molecular complexity index is 381. The highest BCUT2D eigenvalue weighted by Gasteiger charge is 2.59. The highest BCUT2D eigenvalue weighted by Crippen LogP contribution is 2.51. The second-order valence-corrected chi connectivity index (χ2v) is 7.15. The highest BCUT2D eigenvalue weighted by molar-refractivity contribution is 5.74. The Morgan fingerprint density at radius 1 is 1.35 bits per heavy atom. The van der Waals surface area contributed by atoms with Gasteiger partial charge >= 0.3 is 6.03 Å². The second-order valence-electron chi connectivity index (χ2n) is 7.15. The van der Waals surface area contributed by atoms with E-state index < -0.39 is 0 Å². The fourth-order valence-electron chi connectivity index (χ4n) is 3.85. The largest absolute Gasteiger partial charge is 0.377 e. The smallest absolute Gasteiger partial charge is 0.315 e. The van der Waals surface area contributed by atoms with Gasteiger partial charge in [0.25, 0.3) is 0 Å². The van der Waals surface area contributed by atoms with Crippen molar-refractivity contribution in [3.05, 3.63) is 0 Å². The quantitative estimate of drug-likeness (QED) is 0.796. The van der Waals surface area contributed by atoms with Gasteiger partial charge in [0, 0.05) is 43.1 Å². The van der Waals surface area contributed by atoms with Crippen LogP contribution in [0.3, 0.4) is 0 Å². The van der Waals surface area contributed by atoms with Crippen LogP contribution in [0.5, 0.6) is 0 Å². The summed E-state index contributed by atoms with van der Waals surface area (Å²) in [6.07, 6.45) is 4.02. The lowest BCUT2D eigenvalue weighted by Crippen LogP contribution is -2.67. The minimum atomic E-state index is -0.0300. The summed E-state index contributed by atoms with van der Waals surface area (Å²) in [6, 6.07) is 0.968. The molecule has 1 saturated heterocycles. The predicted molar refractivity (Wildman–Crippen MR) is 77.6 cm³/mol. The molecule has 5 heteroatoms. The first-order chi connectivity index (χ1) is 9.50. The molecule has 5 nitrogen and oxygen atoms in total. The van der Waals surface area contributed by atoms with Crippen LogP contribution in [-0.4, -0.2) is 55.9 Å². The van der Waals surface area contributed by atoms with Gasteiger partial charge in [-0.3, -0.25) is 0 Å². The number of ether oxygens (including phenoxy) is 1. The predicted octanol–water partition coefficient (Wildman–Crippen LogP) is 1.19. The van der Waals surface area contributed by atoms with E-state index in [4.69, 9.17) is 4.74 Å². The number of nitrogens with one attached hydrogen (secondary N) is 2. The van der Waals surface area contributed by atoms with Gasteiger partial charge in [-0.25, -0.2) is 4.79 Å². The number of carbonyl (C=O) groups is 1. The molecule has 3 unspecified atom stereocenters. The number of hydrogen-bond donors (Lipinski definition) is 2. The Hall–Kier alpha value is -0.810. The van der Waals surface area contributed by atoms with Crippen LogP contribution >= 0.6 is 0 Å². The summed E-state index contributed by atoms with van der Waals surface area (Å²) in [5.74, 6) is 0.505. The summed E-state index contributed by atoms with van der Waals surface area (Å²) in [6.45, 7) is 6.86. The van der Waals surface area contributed by atoms with Gasteiger partial charge in [0.05, 0.1) is 6.10 Å². The fourth-order valence-corrected chi connectivity index (χ4v) is 3.85. The van der Waals surface area contributed by atoms with E-state index in [1.165, 1.54) is 12.8 Å². The normalized spacial score (nSPS) is 34.5. The van der Waals surface area contributed by atoms with Crippen LogP contribution in [0.4, 0.5) is 4.79 Å². The van der Waals surface area contributed by atoms with Crippen LogP contribution in [-0.2, 0) is 4.74 Å². The maximum absolute atomic E-state index is 12.0. The number of carbonyl (C=O) groups excluding carboxylic acids is 1. The Balaban J connectivity index is 1.40. The number of nitrogens with zero attached hydrogens (tertiary/aromatic N) is 1. The molecule has 3 aliphatic rings. The van der Waals surface area contributed by atoms with Crippen LogP contribution in [0.15, 0.2) is 0 Å². The molecule has 1 aliphatic heterocycles. The Labute approximate surface area is 121 Å². The highest BCUT2D eigenvalue weighted by atomic mass is 16.5. The molecule has 0 aromatic rings. The molecule has 0 bridgehead atoms. The van der Waals surface area contributed by atoms with Gasteiger partial charge in [0.2, 0.25) is 0 Å². The van der Waals surface area contributed by atoms with Crippen LogP contribution in [0, 0.1) is 11.3 Å². The van der Waals surface area contributed by atoms with Crippen molar-refractivity contribution in [2.24, 2.45) is 11.3 Å². The van der Waals surface area contributed by atoms with E-state index in [0.29, 0.717) is 12.0 Å². The SMILES string of the molecule is CN(CCNC(=O)NC1C2CCOC2C1(C)C)C1CC1. The molecule has 3 rings (SSSR count). The van der Waals surface area contributed by atoms with Crippen molar-refractivity contribution in [3.63, 3.8) is 0 Å². The van der Waals surface area contributed by atoms with E-state index in [9.17, 15) is 4.79 Å². The number of urea groups is 1. The van der Waals surface area contributed by atoms with Crippen molar-refractivity contribution >= 4 is 6.03 Å². The summed E-state index contributed by atoms with van der Waals surface area (Å²) in [4.78, 5) is 14.3. The molecule has 2 saturated carbocycles. The van der Waals surface area contributed by atoms with E-state index in [2.05, 4.69) is 36.4 Å². The van der Waals surface area contributed by atoms with Crippen LogP contribution in [0.2, 0.25) is 0 Å². The van der Waals surface area contributed by atoms with Crippen molar-refractivity contribution in [2.75, 3.05) is 26.7 Å². The topological polar surface area (TPSA) is 53.6 Å². The van der Waals surface area contributed by atoms with Crippen LogP contribution in [0.1, 0.15) is 33.1 Å². The molecular formula is C15H27N3O2. The monoisotopic (exact) mass is 281 g/mol. The number of likely N-dealkylation sites (N-methyl/N-ethyl adjacent to an activating group) is 1. The molecule has 3 fully saturated rings. The van der Waals surface area contributed by atoms with E-state index in [-0.39, 0.29) is 17.5 Å². The van der Waals surface area contributed by atoms with Gasteiger partial charge in [-0.15, -0.1) is 0 Å². The van der Waals surface area contributed by atoms with Crippen molar-refractivity contribution in [1.29, 1.82) is 0 Å². The van der Waals surface area contributed by atoms with Gasteiger partial charge in [0.1, 0.15) is 0 Å². The number of amides is 2. The summed E-state index contributed by atoms with van der Waals surface area (Å²) in [5, 5.41) is 6.13. The first kappa shape index (κ1) is 14.1. The molecule has 3 atom stereocenters. The average molecular weight is 281 g/mol. The van der Waals surface area contributed by atoms with E-state index >= 15 is 0 Å². The number of rotatable bonds is 5. The summed E-state index contributed by atoms with van der Waals surface area (Å²) >= 11 is 0. The van der Waals surface area contributed by atoms with Crippen molar-refractivity contribution in [2.45, 2.75) is 51.3 Å². The third kappa shape index (κ3) is 2.53. The molecule has 1 heterocycles. The molecule has 0 aromatic carbocycles. The molecule has 20 heavy (non-hydrogen) atoms. The molecule has 0 radical (unpaired) electrons. The summed E-state index contributed by atoms with van der Waals surface area (Å²) < 4.78 is 5.75. The first-order valence-electron chi connectivity index (χ1n) is 7.86. The van der Waals surface area contributed by atoms with Crippen molar-refractivity contribution in [1.82, 2.24) is 15.5 Å². The second kappa shape index (κ2) is 5.19. The van der Waals surface area contributed by atoms with E-state index in [1.807, 2.05) is 0 Å². The third-order valence-corrected chi connectivity index (χ3v) is 5.31. The van der Waals surface area contributed by atoms with Crippen LogP contribution in [0.25, 0.3) is 0 Å². The van der Waals surface area contributed by atoms with Crippen molar-refractivity contribution in [3.8, 4) is 0 Å². The number of hydrogen-bond acceptors (Lipinski definition) is 3. The molecule has 2 amide bonds. The standard InChI is InChI=1S/C15H27N3O2/c1-15(2)12(11-6-9-20-13(11)15)17-14(19)16-7-8-18(3)10-4-5-10/h10-13H,4-9H2,1-3H3,(H2,16,17,19). The van der Waals surface area contributed by atoms with E-state index in [1.54, 1.807) is 0 Å².